The molecule has 7 heteroatoms. The van der Waals surface area contributed by atoms with Gasteiger partial charge in [0.1, 0.15) is 34.0 Å². The van der Waals surface area contributed by atoms with Gasteiger partial charge in [0.15, 0.2) is 12.0 Å². The zero-order valence-electron chi connectivity index (χ0n) is 13.2. The molecule has 2 aromatic carbocycles. The summed E-state index contributed by atoms with van der Waals surface area (Å²) in [5.74, 6) is -0.452. The van der Waals surface area contributed by atoms with Crippen LogP contribution in [-0.2, 0) is 4.79 Å². The summed E-state index contributed by atoms with van der Waals surface area (Å²) < 4.78 is 15.8. The lowest BCUT2D eigenvalue weighted by molar-refractivity contribution is -0.139. The van der Waals surface area contributed by atoms with E-state index >= 15 is 0 Å². The summed E-state index contributed by atoms with van der Waals surface area (Å²) in [6, 6.07) is 10.7. The van der Waals surface area contributed by atoms with Crippen molar-refractivity contribution in [3.8, 4) is 28.6 Å². The second-order valence-electron chi connectivity index (χ2n) is 5.20. The van der Waals surface area contributed by atoms with E-state index in [4.69, 9.17) is 19.0 Å². The van der Waals surface area contributed by atoms with Crippen molar-refractivity contribution in [1.82, 2.24) is 0 Å². The smallest absolute Gasteiger partial charge is 0.341 e. The van der Waals surface area contributed by atoms with Gasteiger partial charge in [-0.3, -0.25) is 4.79 Å². The van der Waals surface area contributed by atoms with Crippen LogP contribution in [0.1, 0.15) is 0 Å². The Morgan fingerprint density at radius 2 is 1.84 bits per heavy atom. The molecule has 0 saturated heterocycles. The molecule has 0 fully saturated rings. The maximum Gasteiger partial charge on any atom is 0.341 e. The Hall–Kier alpha value is -3.48. The first kappa shape index (κ1) is 16.4. The van der Waals surface area contributed by atoms with Gasteiger partial charge < -0.3 is 24.1 Å². The Balaban J connectivity index is 2.09. The van der Waals surface area contributed by atoms with Gasteiger partial charge in [0.05, 0.1) is 7.11 Å². The lowest BCUT2D eigenvalue weighted by Crippen LogP contribution is -2.09. The molecule has 3 aromatic rings. The molecule has 3 rings (SSSR count). The van der Waals surface area contributed by atoms with Crippen LogP contribution in [0.25, 0.3) is 22.3 Å². The minimum absolute atomic E-state index is 0.0000586. The third kappa shape index (κ3) is 3.40. The van der Waals surface area contributed by atoms with Crippen LogP contribution in [0.5, 0.6) is 17.2 Å². The fraction of sp³-hybridized carbons (Fsp3) is 0.111. The average Bonchev–Trinajstić information content (AvgIpc) is 2.59. The Morgan fingerprint density at radius 1 is 1.12 bits per heavy atom. The molecule has 0 radical (unpaired) electrons. The maximum absolute atomic E-state index is 12.3. The molecule has 0 spiro atoms. The van der Waals surface area contributed by atoms with Crippen LogP contribution in [0.2, 0.25) is 0 Å². The number of fused-ring (bicyclic) bond motifs is 1. The second-order valence-corrected chi connectivity index (χ2v) is 5.20. The summed E-state index contributed by atoms with van der Waals surface area (Å²) in [5.41, 5.74) is 0.323. The van der Waals surface area contributed by atoms with E-state index in [0.717, 1.165) is 0 Å². The predicted octanol–water partition coefficient (Wildman–Crippen LogP) is 2.64. The van der Waals surface area contributed by atoms with Crippen LogP contribution in [-0.4, -0.2) is 29.9 Å². The molecule has 1 heterocycles. The molecule has 0 bridgehead atoms. The highest BCUT2D eigenvalue weighted by Crippen LogP contribution is 2.31. The zero-order valence-corrected chi connectivity index (χ0v) is 13.2. The van der Waals surface area contributed by atoms with Gasteiger partial charge in [-0.15, -0.1) is 0 Å². The van der Waals surface area contributed by atoms with Crippen molar-refractivity contribution in [3.05, 3.63) is 52.7 Å². The van der Waals surface area contributed by atoms with Crippen LogP contribution >= 0.6 is 0 Å². The van der Waals surface area contributed by atoms with Gasteiger partial charge in [-0.1, -0.05) is 0 Å². The zero-order chi connectivity index (χ0) is 18.0. The molecular weight excluding hydrogens is 328 g/mol. The van der Waals surface area contributed by atoms with Crippen molar-refractivity contribution < 1.29 is 28.9 Å². The molecular formula is C18H14O7. The number of methoxy groups -OCH3 is 1. The maximum atomic E-state index is 12.3. The number of carbonyl (C=O) groups is 1. The summed E-state index contributed by atoms with van der Waals surface area (Å²) in [6.45, 7) is -0.576. The SMILES string of the molecule is COc1ccc(-c2cc(=O)c3c(O)cc(OCC(=O)O)cc3o2)cc1. The standard InChI is InChI=1S/C18H14O7/c1-23-11-4-2-10(3-5-11)15-8-14(20)18-13(19)6-12(7-16(18)25-15)24-9-17(21)22/h2-8,19H,9H2,1H3,(H,21,22). The van der Waals surface area contributed by atoms with E-state index in [1.165, 1.54) is 18.2 Å². The van der Waals surface area contributed by atoms with Gasteiger partial charge in [-0.05, 0) is 24.3 Å². The molecule has 1 aromatic heterocycles. The van der Waals surface area contributed by atoms with Crippen molar-refractivity contribution >= 4 is 16.9 Å². The summed E-state index contributed by atoms with van der Waals surface area (Å²) >= 11 is 0. The van der Waals surface area contributed by atoms with Crippen molar-refractivity contribution in [2.24, 2.45) is 0 Å². The third-order valence-corrected chi connectivity index (χ3v) is 3.52. The predicted molar refractivity (Wildman–Crippen MR) is 89.3 cm³/mol. The molecule has 0 aliphatic rings. The van der Waals surface area contributed by atoms with Crippen LogP contribution < -0.4 is 14.9 Å². The van der Waals surface area contributed by atoms with Gasteiger partial charge >= 0.3 is 5.97 Å². The molecule has 0 saturated carbocycles. The number of aliphatic carboxylic acids is 1. The molecule has 0 amide bonds. The summed E-state index contributed by atoms with van der Waals surface area (Å²) in [6.07, 6.45) is 0. The van der Waals surface area contributed by atoms with Crippen molar-refractivity contribution in [2.75, 3.05) is 13.7 Å². The highest BCUT2D eigenvalue weighted by atomic mass is 16.5. The Labute approximate surface area is 141 Å². The number of aromatic hydroxyl groups is 1. The number of rotatable bonds is 5. The molecule has 0 aliphatic heterocycles. The summed E-state index contributed by atoms with van der Waals surface area (Å²) in [5, 5.41) is 18.7. The van der Waals surface area contributed by atoms with Gasteiger partial charge in [0, 0.05) is 23.8 Å². The van der Waals surface area contributed by atoms with E-state index in [-0.39, 0.29) is 22.5 Å². The summed E-state index contributed by atoms with van der Waals surface area (Å²) in [7, 11) is 1.55. The average molecular weight is 342 g/mol. The molecule has 0 atom stereocenters. The summed E-state index contributed by atoms with van der Waals surface area (Å²) in [4.78, 5) is 22.9. The van der Waals surface area contributed by atoms with Crippen molar-refractivity contribution in [1.29, 1.82) is 0 Å². The fourth-order valence-corrected chi connectivity index (χ4v) is 2.37. The van der Waals surface area contributed by atoms with Crippen LogP contribution in [0, 0.1) is 0 Å². The highest BCUT2D eigenvalue weighted by molar-refractivity contribution is 5.86. The van der Waals surface area contributed by atoms with Crippen molar-refractivity contribution in [3.63, 3.8) is 0 Å². The van der Waals surface area contributed by atoms with Crippen LogP contribution in [0.3, 0.4) is 0 Å². The van der Waals surface area contributed by atoms with Crippen LogP contribution in [0.15, 0.2) is 51.7 Å². The first-order valence-corrected chi connectivity index (χ1v) is 7.28. The number of phenols is 1. The molecule has 0 aliphatic carbocycles. The monoisotopic (exact) mass is 342 g/mol. The Bertz CT molecular complexity index is 987. The van der Waals surface area contributed by atoms with Gasteiger partial charge in [0.2, 0.25) is 0 Å². The first-order chi connectivity index (χ1) is 12.0. The van der Waals surface area contributed by atoms with E-state index in [1.807, 2.05) is 0 Å². The van der Waals surface area contributed by atoms with E-state index in [0.29, 0.717) is 17.1 Å². The van der Waals surface area contributed by atoms with E-state index in [9.17, 15) is 14.7 Å². The normalized spacial score (nSPS) is 10.6. The lowest BCUT2D eigenvalue weighted by atomic mass is 10.1. The number of ether oxygens (including phenoxy) is 2. The van der Waals surface area contributed by atoms with Gasteiger partial charge in [-0.25, -0.2) is 4.79 Å². The first-order valence-electron chi connectivity index (χ1n) is 7.28. The lowest BCUT2D eigenvalue weighted by Gasteiger charge is -2.08. The molecule has 0 unspecified atom stereocenters. The molecule has 128 valence electrons. The second kappa shape index (κ2) is 6.56. The third-order valence-electron chi connectivity index (χ3n) is 3.52. The number of hydrogen-bond donors (Lipinski definition) is 2. The molecule has 2 N–H and O–H groups in total. The highest BCUT2D eigenvalue weighted by Gasteiger charge is 2.13. The fourth-order valence-electron chi connectivity index (χ4n) is 2.37. The Kier molecular flexibility index (Phi) is 4.30. The molecule has 7 nitrogen and oxygen atoms in total. The van der Waals surface area contributed by atoms with Crippen LogP contribution in [0.4, 0.5) is 0 Å². The number of hydrogen-bond acceptors (Lipinski definition) is 6. The molecule has 25 heavy (non-hydrogen) atoms. The minimum atomic E-state index is -1.16. The van der Waals surface area contributed by atoms with Gasteiger partial charge in [-0.2, -0.15) is 0 Å². The Morgan fingerprint density at radius 3 is 2.48 bits per heavy atom. The van der Waals surface area contributed by atoms with E-state index < -0.39 is 18.0 Å². The number of benzene rings is 2. The minimum Gasteiger partial charge on any atom is -0.507 e. The quantitative estimate of drug-likeness (QED) is 0.734. The largest absolute Gasteiger partial charge is 0.507 e. The number of carboxylic acids is 1. The van der Waals surface area contributed by atoms with Crippen molar-refractivity contribution in [2.45, 2.75) is 0 Å². The topological polar surface area (TPSA) is 106 Å². The van der Waals surface area contributed by atoms with E-state index in [1.54, 1.807) is 31.4 Å². The number of phenolic OH excluding ortho intramolecular Hbond substituents is 1. The van der Waals surface area contributed by atoms with E-state index in [2.05, 4.69) is 0 Å². The van der Waals surface area contributed by atoms with Gasteiger partial charge in [0.25, 0.3) is 0 Å². The number of carboxylic acid groups (broad SMARTS) is 1.